The molecule has 0 saturated carbocycles. The van der Waals surface area contributed by atoms with E-state index in [0.717, 1.165) is 30.8 Å². The van der Waals surface area contributed by atoms with E-state index in [1.165, 1.54) is 12.1 Å². The summed E-state index contributed by atoms with van der Waals surface area (Å²) in [4.78, 5) is 6.48. The lowest BCUT2D eigenvalue weighted by atomic mass is 10.2. The smallest absolute Gasteiger partial charge is 0.244 e. The van der Waals surface area contributed by atoms with E-state index in [2.05, 4.69) is 32.3 Å². The van der Waals surface area contributed by atoms with Gasteiger partial charge in [0.05, 0.1) is 6.20 Å². The van der Waals surface area contributed by atoms with Crippen LogP contribution >= 0.6 is 0 Å². The van der Waals surface area contributed by atoms with Gasteiger partial charge in [-0.25, -0.2) is 4.39 Å². The maximum absolute atomic E-state index is 12.8. The molecule has 112 valence electrons. The van der Waals surface area contributed by atoms with Crippen LogP contribution in [-0.2, 0) is 6.54 Å². The molecule has 0 aliphatic carbocycles. The van der Waals surface area contributed by atoms with Gasteiger partial charge >= 0.3 is 0 Å². The fourth-order valence-corrected chi connectivity index (χ4v) is 1.85. The highest BCUT2D eigenvalue weighted by molar-refractivity contribution is 5.39. The van der Waals surface area contributed by atoms with Gasteiger partial charge in [0.1, 0.15) is 5.82 Å². The summed E-state index contributed by atoms with van der Waals surface area (Å²) < 4.78 is 12.8. The number of hydrogen-bond acceptors (Lipinski definition) is 5. The largest absolute Gasteiger partial charge is 0.358 e. The van der Waals surface area contributed by atoms with Crippen molar-refractivity contribution in [1.29, 1.82) is 0 Å². The topological polar surface area (TPSA) is 53.9 Å². The minimum absolute atomic E-state index is 0.240. The normalized spacial score (nSPS) is 10.4. The van der Waals surface area contributed by atoms with Gasteiger partial charge in [0, 0.05) is 20.1 Å². The Bertz CT molecular complexity index is 558. The summed E-state index contributed by atoms with van der Waals surface area (Å²) in [6, 6.07) is 6.33. The van der Waals surface area contributed by atoms with Crippen molar-refractivity contribution in [3.63, 3.8) is 0 Å². The standard InChI is InChI=1S/C15H20FN5/c1-3-4-9-21(2)14-11-18-20-15(19-14)17-10-12-5-7-13(16)8-6-12/h5-8,11H,3-4,9-10H2,1-2H3,(H,17,19,20). The Morgan fingerprint density at radius 3 is 2.71 bits per heavy atom. The number of anilines is 2. The molecular formula is C15H20FN5. The molecule has 0 amide bonds. The maximum Gasteiger partial charge on any atom is 0.244 e. The van der Waals surface area contributed by atoms with Gasteiger partial charge in [-0.2, -0.15) is 10.1 Å². The Morgan fingerprint density at radius 1 is 1.24 bits per heavy atom. The Labute approximate surface area is 124 Å². The van der Waals surface area contributed by atoms with Gasteiger partial charge in [-0.05, 0) is 24.1 Å². The first-order valence-corrected chi connectivity index (χ1v) is 7.08. The molecule has 0 aliphatic rings. The van der Waals surface area contributed by atoms with E-state index >= 15 is 0 Å². The van der Waals surface area contributed by atoms with Crippen molar-refractivity contribution in [2.45, 2.75) is 26.3 Å². The zero-order chi connectivity index (χ0) is 15.1. The molecule has 1 heterocycles. The lowest BCUT2D eigenvalue weighted by Crippen LogP contribution is -2.20. The fraction of sp³-hybridized carbons (Fsp3) is 0.400. The highest BCUT2D eigenvalue weighted by Crippen LogP contribution is 2.11. The van der Waals surface area contributed by atoms with Crippen LogP contribution in [-0.4, -0.2) is 28.8 Å². The van der Waals surface area contributed by atoms with Crippen LogP contribution in [0.3, 0.4) is 0 Å². The number of aromatic nitrogens is 3. The molecule has 0 fully saturated rings. The van der Waals surface area contributed by atoms with Gasteiger partial charge in [0.2, 0.25) is 5.95 Å². The summed E-state index contributed by atoms with van der Waals surface area (Å²) in [6.45, 7) is 3.62. The molecule has 0 spiro atoms. The minimum Gasteiger partial charge on any atom is -0.358 e. The van der Waals surface area contributed by atoms with E-state index in [1.807, 2.05) is 7.05 Å². The van der Waals surface area contributed by atoms with Crippen molar-refractivity contribution in [3.8, 4) is 0 Å². The summed E-state index contributed by atoms with van der Waals surface area (Å²) in [5.41, 5.74) is 0.963. The SMILES string of the molecule is CCCCN(C)c1cnnc(NCc2ccc(F)cc2)n1. The molecule has 0 radical (unpaired) electrons. The molecule has 1 aromatic heterocycles. The third-order valence-electron chi connectivity index (χ3n) is 3.15. The molecule has 6 heteroatoms. The highest BCUT2D eigenvalue weighted by atomic mass is 19.1. The van der Waals surface area contributed by atoms with Crippen LogP contribution in [0, 0.1) is 5.82 Å². The zero-order valence-electron chi connectivity index (χ0n) is 12.4. The third-order valence-corrected chi connectivity index (χ3v) is 3.15. The first-order valence-electron chi connectivity index (χ1n) is 7.08. The van der Waals surface area contributed by atoms with E-state index in [9.17, 15) is 4.39 Å². The molecule has 5 nitrogen and oxygen atoms in total. The average Bonchev–Trinajstić information content (AvgIpc) is 2.52. The predicted octanol–water partition coefficient (Wildman–Crippen LogP) is 2.86. The highest BCUT2D eigenvalue weighted by Gasteiger charge is 2.05. The van der Waals surface area contributed by atoms with E-state index in [-0.39, 0.29) is 5.82 Å². The quantitative estimate of drug-likeness (QED) is 0.849. The summed E-state index contributed by atoms with van der Waals surface area (Å²) in [7, 11) is 1.99. The van der Waals surface area contributed by atoms with Gasteiger partial charge in [0.15, 0.2) is 5.82 Å². The number of halogens is 1. The lowest BCUT2D eigenvalue weighted by molar-refractivity contribution is 0.627. The first kappa shape index (κ1) is 15.2. The predicted molar refractivity (Wildman–Crippen MR) is 81.7 cm³/mol. The summed E-state index contributed by atoms with van der Waals surface area (Å²) >= 11 is 0. The molecule has 0 bridgehead atoms. The van der Waals surface area contributed by atoms with Crippen molar-refractivity contribution < 1.29 is 4.39 Å². The number of nitrogens with zero attached hydrogens (tertiary/aromatic N) is 4. The van der Waals surface area contributed by atoms with Gasteiger partial charge in [0.25, 0.3) is 0 Å². The molecule has 0 atom stereocenters. The number of unbranched alkanes of at least 4 members (excludes halogenated alkanes) is 1. The summed E-state index contributed by atoms with van der Waals surface area (Å²) in [6.07, 6.45) is 3.90. The fourth-order valence-electron chi connectivity index (χ4n) is 1.85. The van der Waals surface area contributed by atoms with Crippen molar-refractivity contribution in [1.82, 2.24) is 15.2 Å². The average molecular weight is 289 g/mol. The van der Waals surface area contributed by atoms with Gasteiger partial charge < -0.3 is 10.2 Å². The van der Waals surface area contributed by atoms with Crippen molar-refractivity contribution in [2.75, 3.05) is 23.8 Å². The summed E-state index contributed by atoms with van der Waals surface area (Å²) in [5.74, 6) is 1.02. The number of rotatable bonds is 7. The molecule has 2 rings (SSSR count). The van der Waals surface area contributed by atoms with Crippen LogP contribution in [0.2, 0.25) is 0 Å². The van der Waals surface area contributed by atoms with Crippen LogP contribution in [0.1, 0.15) is 25.3 Å². The van der Waals surface area contributed by atoms with Crippen molar-refractivity contribution >= 4 is 11.8 Å². The molecule has 21 heavy (non-hydrogen) atoms. The summed E-state index contributed by atoms with van der Waals surface area (Å²) in [5, 5.41) is 11.0. The van der Waals surface area contributed by atoms with E-state index < -0.39 is 0 Å². The molecular weight excluding hydrogens is 269 g/mol. The van der Waals surface area contributed by atoms with Crippen LogP contribution in [0.4, 0.5) is 16.2 Å². The van der Waals surface area contributed by atoms with Crippen LogP contribution in [0.5, 0.6) is 0 Å². The van der Waals surface area contributed by atoms with Crippen molar-refractivity contribution in [3.05, 3.63) is 41.8 Å². The van der Waals surface area contributed by atoms with Crippen LogP contribution < -0.4 is 10.2 Å². The third kappa shape index (κ3) is 4.66. The monoisotopic (exact) mass is 289 g/mol. The first-order chi connectivity index (χ1) is 10.2. The molecule has 1 N–H and O–H groups in total. The molecule has 0 aliphatic heterocycles. The Balaban J connectivity index is 1.95. The Morgan fingerprint density at radius 2 is 2.00 bits per heavy atom. The van der Waals surface area contributed by atoms with E-state index in [4.69, 9.17) is 0 Å². The second-order valence-corrected chi connectivity index (χ2v) is 4.89. The Hall–Kier alpha value is -2.24. The molecule has 0 saturated heterocycles. The van der Waals surface area contributed by atoms with Crippen LogP contribution in [0.15, 0.2) is 30.5 Å². The second kappa shape index (κ2) is 7.52. The molecule has 2 aromatic rings. The Kier molecular flexibility index (Phi) is 5.43. The van der Waals surface area contributed by atoms with Gasteiger partial charge in [-0.1, -0.05) is 25.5 Å². The lowest BCUT2D eigenvalue weighted by Gasteiger charge is -2.17. The number of hydrogen-bond donors (Lipinski definition) is 1. The minimum atomic E-state index is -0.240. The van der Waals surface area contributed by atoms with Gasteiger partial charge in [-0.15, -0.1) is 5.10 Å². The van der Waals surface area contributed by atoms with E-state index in [1.54, 1.807) is 18.3 Å². The number of benzene rings is 1. The van der Waals surface area contributed by atoms with Crippen LogP contribution in [0.25, 0.3) is 0 Å². The maximum atomic E-state index is 12.8. The van der Waals surface area contributed by atoms with Gasteiger partial charge in [-0.3, -0.25) is 0 Å². The number of nitrogens with one attached hydrogen (secondary N) is 1. The molecule has 0 unspecified atom stereocenters. The second-order valence-electron chi connectivity index (χ2n) is 4.89. The zero-order valence-corrected chi connectivity index (χ0v) is 12.4. The molecule has 1 aromatic carbocycles. The van der Waals surface area contributed by atoms with E-state index in [0.29, 0.717) is 12.5 Å². The van der Waals surface area contributed by atoms with Crippen molar-refractivity contribution in [2.24, 2.45) is 0 Å².